The van der Waals surface area contributed by atoms with Gasteiger partial charge in [-0.1, -0.05) is 0 Å². The van der Waals surface area contributed by atoms with Gasteiger partial charge >= 0.3 is 0 Å². The van der Waals surface area contributed by atoms with E-state index in [1.807, 2.05) is 19.0 Å². The molecule has 1 aliphatic heterocycles. The Bertz CT molecular complexity index is 743. The highest BCUT2D eigenvalue weighted by atomic mass is 19.1. The number of hydrogen-bond donors (Lipinski definition) is 1. The highest BCUT2D eigenvalue weighted by molar-refractivity contribution is 5.94. The smallest absolute Gasteiger partial charge is 0.251 e. The molecule has 1 amide bonds. The van der Waals surface area contributed by atoms with Crippen LogP contribution in [0.2, 0.25) is 0 Å². The third-order valence-corrected chi connectivity index (χ3v) is 3.96. The molecule has 0 saturated carbocycles. The summed E-state index contributed by atoms with van der Waals surface area (Å²) in [6.45, 7) is 2.04. The fourth-order valence-electron chi connectivity index (χ4n) is 2.60. The molecule has 132 valence electrons. The summed E-state index contributed by atoms with van der Waals surface area (Å²) in [6, 6.07) is 5.40. The number of halogens is 1. The van der Waals surface area contributed by atoms with E-state index in [1.54, 1.807) is 0 Å². The summed E-state index contributed by atoms with van der Waals surface area (Å²) in [5.74, 6) is 1.02. The van der Waals surface area contributed by atoms with Gasteiger partial charge in [-0.2, -0.15) is 15.0 Å². The van der Waals surface area contributed by atoms with Crippen molar-refractivity contribution in [2.45, 2.75) is 19.4 Å². The lowest BCUT2D eigenvalue weighted by molar-refractivity contribution is 0.0950. The minimum Gasteiger partial charge on any atom is -0.347 e. The Morgan fingerprint density at radius 1 is 1.16 bits per heavy atom. The molecular weight excluding hydrogens is 323 g/mol. The molecule has 1 N–H and O–H groups in total. The lowest BCUT2D eigenvalue weighted by Crippen LogP contribution is -2.27. The van der Waals surface area contributed by atoms with Crippen molar-refractivity contribution < 1.29 is 9.18 Å². The average molecular weight is 344 g/mol. The Balaban J connectivity index is 1.74. The Kier molecular flexibility index (Phi) is 5.06. The number of benzene rings is 1. The first-order chi connectivity index (χ1) is 12.0. The molecule has 1 saturated heterocycles. The van der Waals surface area contributed by atoms with Crippen LogP contribution < -0.4 is 15.1 Å². The third-order valence-electron chi connectivity index (χ3n) is 3.96. The molecule has 2 aromatic rings. The molecule has 1 fully saturated rings. The van der Waals surface area contributed by atoms with Gasteiger partial charge in [0, 0.05) is 32.7 Å². The zero-order valence-electron chi connectivity index (χ0n) is 14.4. The number of nitrogens with one attached hydrogen (secondary N) is 1. The molecule has 2 heterocycles. The second-order valence-corrected chi connectivity index (χ2v) is 6.13. The van der Waals surface area contributed by atoms with Gasteiger partial charge in [0.15, 0.2) is 5.82 Å². The summed E-state index contributed by atoms with van der Waals surface area (Å²) in [7, 11) is 3.73. The minimum absolute atomic E-state index is 0.181. The van der Waals surface area contributed by atoms with E-state index in [2.05, 4.69) is 25.2 Å². The number of rotatable bonds is 5. The van der Waals surface area contributed by atoms with E-state index in [1.165, 1.54) is 24.3 Å². The molecular formula is C17H21FN6O. The molecule has 1 aromatic carbocycles. The van der Waals surface area contributed by atoms with Crippen LogP contribution in [0.15, 0.2) is 24.3 Å². The van der Waals surface area contributed by atoms with Crippen molar-refractivity contribution in [1.29, 1.82) is 0 Å². The normalized spacial score (nSPS) is 13.8. The fourth-order valence-corrected chi connectivity index (χ4v) is 2.60. The first kappa shape index (κ1) is 17.1. The van der Waals surface area contributed by atoms with Gasteiger partial charge in [-0.25, -0.2) is 4.39 Å². The van der Waals surface area contributed by atoms with Gasteiger partial charge in [0.2, 0.25) is 11.9 Å². The summed E-state index contributed by atoms with van der Waals surface area (Å²) in [6.07, 6.45) is 2.25. The van der Waals surface area contributed by atoms with Gasteiger partial charge in [-0.3, -0.25) is 4.79 Å². The van der Waals surface area contributed by atoms with Gasteiger partial charge in [-0.15, -0.1) is 0 Å². The van der Waals surface area contributed by atoms with Crippen LogP contribution >= 0.6 is 0 Å². The Hall–Kier alpha value is -2.77. The average Bonchev–Trinajstić information content (AvgIpc) is 3.14. The monoisotopic (exact) mass is 344 g/mol. The summed E-state index contributed by atoms with van der Waals surface area (Å²) in [5, 5.41) is 2.77. The maximum absolute atomic E-state index is 12.9. The van der Waals surface area contributed by atoms with Gasteiger partial charge in [-0.05, 0) is 37.1 Å². The predicted octanol–water partition coefficient (Wildman–Crippen LogP) is 1.61. The quantitative estimate of drug-likeness (QED) is 0.888. The van der Waals surface area contributed by atoms with Crippen molar-refractivity contribution in [2.24, 2.45) is 0 Å². The zero-order chi connectivity index (χ0) is 17.8. The number of aromatic nitrogens is 3. The lowest BCUT2D eigenvalue weighted by Gasteiger charge is -2.18. The third kappa shape index (κ3) is 4.20. The van der Waals surface area contributed by atoms with Crippen LogP contribution in [0.4, 0.5) is 16.3 Å². The highest BCUT2D eigenvalue weighted by Crippen LogP contribution is 2.18. The van der Waals surface area contributed by atoms with E-state index in [0.717, 1.165) is 25.9 Å². The van der Waals surface area contributed by atoms with Crippen LogP contribution in [-0.4, -0.2) is 48.0 Å². The Labute approximate surface area is 145 Å². The first-order valence-electron chi connectivity index (χ1n) is 8.24. The number of amides is 1. The second kappa shape index (κ2) is 7.42. The summed E-state index contributed by atoms with van der Waals surface area (Å²) in [4.78, 5) is 29.5. The molecule has 0 unspecified atom stereocenters. The molecule has 0 bridgehead atoms. The van der Waals surface area contributed by atoms with E-state index in [9.17, 15) is 9.18 Å². The number of nitrogens with zero attached hydrogens (tertiary/aromatic N) is 5. The number of carbonyl (C=O) groups excluding carboxylic acids is 1. The molecule has 0 spiro atoms. The molecule has 0 radical (unpaired) electrons. The van der Waals surface area contributed by atoms with Crippen molar-refractivity contribution >= 4 is 17.8 Å². The van der Waals surface area contributed by atoms with Crippen LogP contribution in [0, 0.1) is 5.82 Å². The molecule has 7 nitrogen and oxygen atoms in total. The van der Waals surface area contributed by atoms with Gasteiger partial charge < -0.3 is 15.1 Å². The van der Waals surface area contributed by atoms with Crippen molar-refractivity contribution in [3.8, 4) is 0 Å². The second-order valence-electron chi connectivity index (χ2n) is 6.13. The topological polar surface area (TPSA) is 74.2 Å². The maximum atomic E-state index is 12.9. The van der Waals surface area contributed by atoms with Crippen LogP contribution in [0.1, 0.15) is 29.0 Å². The number of anilines is 2. The van der Waals surface area contributed by atoms with Crippen LogP contribution in [0.25, 0.3) is 0 Å². The van der Waals surface area contributed by atoms with E-state index in [-0.39, 0.29) is 18.3 Å². The van der Waals surface area contributed by atoms with Crippen molar-refractivity contribution in [3.63, 3.8) is 0 Å². The number of carbonyl (C=O) groups is 1. The standard InChI is InChI=1S/C17H21FN6O/c1-23(2)16-20-14(21-17(22-16)24-9-3-4-10-24)11-19-15(25)12-5-7-13(18)8-6-12/h5-8H,3-4,9-11H2,1-2H3,(H,19,25). The molecule has 1 aliphatic rings. The van der Waals surface area contributed by atoms with Crippen molar-refractivity contribution in [2.75, 3.05) is 37.0 Å². The maximum Gasteiger partial charge on any atom is 0.251 e. The summed E-state index contributed by atoms with van der Waals surface area (Å²) >= 11 is 0. The SMILES string of the molecule is CN(C)c1nc(CNC(=O)c2ccc(F)cc2)nc(N2CCCC2)n1. The Morgan fingerprint density at radius 3 is 2.48 bits per heavy atom. The zero-order valence-corrected chi connectivity index (χ0v) is 14.4. The molecule has 3 rings (SSSR count). The molecule has 0 aliphatic carbocycles. The van der Waals surface area contributed by atoms with E-state index in [0.29, 0.717) is 23.3 Å². The van der Waals surface area contributed by atoms with Gasteiger partial charge in [0.25, 0.3) is 5.91 Å². The minimum atomic E-state index is -0.375. The molecule has 1 aromatic heterocycles. The van der Waals surface area contributed by atoms with E-state index >= 15 is 0 Å². The lowest BCUT2D eigenvalue weighted by atomic mass is 10.2. The molecule has 25 heavy (non-hydrogen) atoms. The first-order valence-corrected chi connectivity index (χ1v) is 8.24. The van der Waals surface area contributed by atoms with Crippen molar-refractivity contribution in [1.82, 2.24) is 20.3 Å². The molecule has 0 atom stereocenters. The van der Waals surface area contributed by atoms with E-state index < -0.39 is 0 Å². The fraction of sp³-hybridized carbons (Fsp3) is 0.412. The van der Waals surface area contributed by atoms with Crippen molar-refractivity contribution in [3.05, 3.63) is 41.5 Å². The summed E-state index contributed by atoms with van der Waals surface area (Å²) < 4.78 is 12.9. The predicted molar refractivity (Wildman–Crippen MR) is 93.2 cm³/mol. The van der Waals surface area contributed by atoms with Gasteiger partial charge in [0.1, 0.15) is 5.82 Å². The van der Waals surface area contributed by atoms with Crippen LogP contribution in [-0.2, 0) is 6.54 Å². The largest absolute Gasteiger partial charge is 0.347 e. The summed E-state index contributed by atoms with van der Waals surface area (Å²) in [5.41, 5.74) is 0.392. The number of hydrogen-bond acceptors (Lipinski definition) is 6. The molecule has 8 heteroatoms. The van der Waals surface area contributed by atoms with Crippen LogP contribution in [0.5, 0.6) is 0 Å². The van der Waals surface area contributed by atoms with Gasteiger partial charge in [0.05, 0.1) is 6.54 Å². The van der Waals surface area contributed by atoms with Crippen LogP contribution in [0.3, 0.4) is 0 Å². The highest BCUT2D eigenvalue weighted by Gasteiger charge is 2.18. The Morgan fingerprint density at radius 2 is 1.84 bits per heavy atom. The van der Waals surface area contributed by atoms with E-state index in [4.69, 9.17) is 0 Å².